The third-order valence-corrected chi connectivity index (χ3v) is 4.82. The Balaban J connectivity index is 1.69. The van der Waals surface area contributed by atoms with Crippen molar-refractivity contribution in [2.45, 2.75) is 0 Å². The molecule has 0 aliphatic rings. The van der Waals surface area contributed by atoms with Crippen LogP contribution < -0.4 is 0 Å². The first-order valence-corrected chi connectivity index (χ1v) is 8.55. The zero-order valence-electron chi connectivity index (χ0n) is 13.8. The van der Waals surface area contributed by atoms with Crippen LogP contribution in [0.4, 0.5) is 0 Å². The normalized spacial score (nSPS) is 11.2. The molecule has 0 saturated heterocycles. The molecule has 25 heavy (non-hydrogen) atoms. The van der Waals surface area contributed by atoms with Gasteiger partial charge in [0.25, 0.3) is 0 Å². The summed E-state index contributed by atoms with van der Waals surface area (Å²) >= 11 is 0. The maximum atomic E-state index is 2.29. The molecular formula is C24H17N. The van der Waals surface area contributed by atoms with Crippen LogP contribution in [0.3, 0.4) is 0 Å². The van der Waals surface area contributed by atoms with E-state index in [-0.39, 0.29) is 0 Å². The van der Waals surface area contributed by atoms with Gasteiger partial charge in [-0.2, -0.15) is 0 Å². The van der Waals surface area contributed by atoms with E-state index in [0.29, 0.717) is 0 Å². The van der Waals surface area contributed by atoms with Gasteiger partial charge in [0.1, 0.15) is 0 Å². The van der Waals surface area contributed by atoms with E-state index in [0.717, 1.165) is 0 Å². The van der Waals surface area contributed by atoms with Gasteiger partial charge in [0, 0.05) is 11.8 Å². The third kappa shape index (κ3) is 2.33. The number of hydrogen-bond donors (Lipinski definition) is 0. The molecule has 0 bridgehead atoms. The summed E-state index contributed by atoms with van der Waals surface area (Å²) in [6, 6.07) is 34.5. The number of benzene rings is 3. The highest BCUT2D eigenvalue weighted by Crippen LogP contribution is 2.31. The smallest absolute Gasteiger partial charge is 0.0534 e. The highest BCUT2D eigenvalue weighted by Gasteiger charge is 2.08. The van der Waals surface area contributed by atoms with Gasteiger partial charge in [-0.25, -0.2) is 0 Å². The maximum absolute atomic E-state index is 2.29. The molecule has 1 heteroatoms. The maximum Gasteiger partial charge on any atom is 0.0534 e. The van der Waals surface area contributed by atoms with E-state index < -0.39 is 0 Å². The van der Waals surface area contributed by atoms with Crippen LogP contribution in [-0.2, 0) is 0 Å². The van der Waals surface area contributed by atoms with Crippen LogP contribution >= 0.6 is 0 Å². The fraction of sp³-hybridized carbons (Fsp3) is 0. The summed E-state index contributed by atoms with van der Waals surface area (Å²) in [4.78, 5) is 0. The molecule has 0 aliphatic carbocycles. The van der Waals surface area contributed by atoms with E-state index in [9.17, 15) is 0 Å². The molecule has 2 aromatic heterocycles. The zero-order valence-corrected chi connectivity index (χ0v) is 13.8. The summed E-state index contributed by atoms with van der Waals surface area (Å²) in [6.07, 6.45) is 2.14. The van der Waals surface area contributed by atoms with Crippen LogP contribution in [0.2, 0.25) is 0 Å². The number of pyridine rings is 1. The molecule has 2 heterocycles. The molecule has 0 unspecified atom stereocenters. The van der Waals surface area contributed by atoms with E-state index in [4.69, 9.17) is 0 Å². The number of fused-ring (bicyclic) bond motifs is 3. The first kappa shape index (κ1) is 14.1. The second-order valence-corrected chi connectivity index (χ2v) is 6.32. The molecule has 5 rings (SSSR count). The Morgan fingerprint density at radius 3 is 1.96 bits per heavy atom. The van der Waals surface area contributed by atoms with Gasteiger partial charge in [0.2, 0.25) is 0 Å². The quantitative estimate of drug-likeness (QED) is 0.353. The van der Waals surface area contributed by atoms with Gasteiger partial charge in [-0.1, -0.05) is 72.8 Å². The van der Waals surface area contributed by atoms with Gasteiger partial charge in [0.15, 0.2) is 0 Å². The van der Waals surface area contributed by atoms with Gasteiger partial charge in [-0.05, 0) is 46.3 Å². The molecule has 0 spiro atoms. The highest BCUT2D eigenvalue weighted by molar-refractivity contribution is 5.93. The second-order valence-electron chi connectivity index (χ2n) is 6.32. The predicted molar refractivity (Wildman–Crippen MR) is 106 cm³/mol. The highest BCUT2D eigenvalue weighted by atomic mass is 14.9. The number of hydrogen-bond acceptors (Lipinski definition) is 0. The van der Waals surface area contributed by atoms with Crippen molar-refractivity contribution >= 4 is 16.4 Å². The Kier molecular flexibility index (Phi) is 3.17. The minimum Gasteiger partial charge on any atom is -0.316 e. The first-order chi connectivity index (χ1) is 12.4. The minimum atomic E-state index is 1.24. The first-order valence-electron chi connectivity index (χ1n) is 8.55. The van der Waals surface area contributed by atoms with Gasteiger partial charge >= 0.3 is 0 Å². The van der Waals surface area contributed by atoms with Crippen molar-refractivity contribution in [1.82, 2.24) is 4.40 Å². The SMILES string of the molecule is c1ccc(-c2ccc(-c3cc4ccccc4n4cccc34)cc2)cc1. The fourth-order valence-corrected chi connectivity index (χ4v) is 3.57. The van der Waals surface area contributed by atoms with Gasteiger partial charge in [-0.15, -0.1) is 0 Å². The van der Waals surface area contributed by atoms with E-state index >= 15 is 0 Å². The summed E-state index contributed by atoms with van der Waals surface area (Å²) in [6.45, 7) is 0. The predicted octanol–water partition coefficient (Wildman–Crippen LogP) is 6.43. The fourth-order valence-electron chi connectivity index (χ4n) is 3.57. The molecule has 118 valence electrons. The largest absolute Gasteiger partial charge is 0.316 e. The average molecular weight is 319 g/mol. The van der Waals surface area contributed by atoms with Crippen LogP contribution in [0.25, 0.3) is 38.7 Å². The summed E-state index contributed by atoms with van der Waals surface area (Å²) < 4.78 is 2.27. The molecule has 0 aliphatic heterocycles. The summed E-state index contributed by atoms with van der Waals surface area (Å²) in [7, 11) is 0. The lowest BCUT2D eigenvalue weighted by Gasteiger charge is -2.10. The molecule has 1 nitrogen and oxygen atoms in total. The Morgan fingerprint density at radius 2 is 1.12 bits per heavy atom. The van der Waals surface area contributed by atoms with Crippen LogP contribution in [0.1, 0.15) is 0 Å². The summed E-state index contributed by atoms with van der Waals surface area (Å²) in [5.41, 5.74) is 7.49. The monoisotopic (exact) mass is 319 g/mol. The van der Waals surface area contributed by atoms with Crippen LogP contribution in [0, 0.1) is 0 Å². The zero-order chi connectivity index (χ0) is 16.6. The molecule has 5 aromatic rings. The number of aromatic nitrogens is 1. The van der Waals surface area contributed by atoms with E-state index in [1.165, 1.54) is 38.7 Å². The number of nitrogens with zero attached hydrogens (tertiary/aromatic N) is 1. The lowest BCUT2D eigenvalue weighted by molar-refractivity contribution is 1.27. The van der Waals surface area contributed by atoms with Crippen molar-refractivity contribution < 1.29 is 0 Å². The molecule has 0 amide bonds. The molecule has 0 radical (unpaired) electrons. The Morgan fingerprint density at radius 1 is 0.480 bits per heavy atom. The van der Waals surface area contributed by atoms with Crippen molar-refractivity contribution in [2.24, 2.45) is 0 Å². The van der Waals surface area contributed by atoms with Crippen molar-refractivity contribution in [3.8, 4) is 22.3 Å². The van der Waals surface area contributed by atoms with Crippen molar-refractivity contribution in [3.05, 3.63) is 103 Å². The van der Waals surface area contributed by atoms with E-state index in [1.807, 2.05) is 0 Å². The Bertz CT molecular complexity index is 1170. The lowest BCUT2D eigenvalue weighted by Crippen LogP contribution is -1.90. The molecule has 3 aromatic carbocycles. The third-order valence-electron chi connectivity index (χ3n) is 4.82. The summed E-state index contributed by atoms with van der Waals surface area (Å²) in [5, 5.41) is 1.26. The van der Waals surface area contributed by atoms with Gasteiger partial charge in [-0.3, -0.25) is 0 Å². The van der Waals surface area contributed by atoms with Crippen LogP contribution in [0.5, 0.6) is 0 Å². The molecular weight excluding hydrogens is 302 g/mol. The van der Waals surface area contributed by atoms with Crippen LogP contribution in [0.15, 0.2) is 103 Å². The molecule has 0 saturated carbocycles. The standard InChI is InChI=1S/C24H17N/c1-2-7-18(8-3-1)19-12-14-20(15-13-19)22-17-21-9-4-5-10-23(21)25-16-6-11-24(22)25/h1-17H. The average Bonchev–Trinajstić information content (AvgIpc) is 3.18. The van der Waals surface area contributed by atoms with Gasteiger partial charge in [0.05, 0.1) is 11.0 Å². The van der Waals surface area contributed by atoms with E-state index in [1.54, 1.807) is 0 Å². The summed E-state index contributed by atoms with van der Waals surface area (Å²) in [5.74, 6) is 0. The second kappa shape index (κ2) is 5.64. The lowest BCUT2D eigenvalue weighted by atomic mass is 9.99. The van der Waals surface area contributed by atoms with Crippen molar-refractivity contribution in [2.75, 3.05) is 0 Å². The van der Waals surface area contributed by atoms with Crippen LogP contribution in [-0.4, -0.2) is 4.40 Å². The van der Waals surface area contributed by atoms with Crippen molar-refractivity contribution in [1.29, 1.82) is 0 Å². The van der Waals surface area contributed by atoms with E-state index in [2.05, 4.69) is 108 Å². The topological polar surface area (TPSA) is 4.41 Å². The minimum absolute atomic E-state index is 1.24. The van der Waals surface area contributed by atoms with Gasteiger partial charge < -0.3 is 4.40 Å². The molecule has 0 fully saturated rings. The molecule has 0 atom stereocenters. The Hall–Kier alpha value is -3.32. The number of rotatable bonds is 2. The van der Waals surface area contributed by atoms with Crippen molar-refractivity contribution in [3.63, 3.8) is 0 Å². The molecule has 0 N–H and O–H groups in total. The Labute approximate surface area is 146 Å². The number of para-hydroxylation sites is 1.